The van der Waals surface area contributed by atoms with Crippen molar-refractivity contribution in [3.05, 3.63) is 34.0 Å². The predicted octanol–water partition coefficient (Wildman–Crippen LogP) is 5.60. The highest BCUT2D eigenvalue weighted by Gasteiger charge is 2.11. The van der Waals surface area contributed by atoms with Gasteiger partial charge in [0.1, 0.15) is 0 Å². The van der Waals surface area contributed by atoms with Crippen LogP contribution in [0.3, 0.4) is 0 Å². The largest absolute Gasteiger partial charge is 0.297 e. The fourth-order valence-electron chi connectivity index (χ4n) is 1.85. The van der Waals surface area contributed by atoms with E-state index in [1.165, 1.54) is 22.7 Å². The van der Waals surface area contributed by atoms with Crippen molar-refractivity contribution in [2.24, 2.45) is 0 Å². The van der Waals surface area contributed by atoms with Gasteiger partial charge in [-0.3, -0.25) is 9.59 Å². The third kappa shape index (κ3) is 3.64. The molecule has 0 saturated carbocycles. The topological polar surface area (TPSA) is 34.1 Å². The Morgan fingerprint density at radius 3 is 2.24 bits per heavy atom. The van der Waals surface area contributed by atoms with E-state index in [1.807, 2.05) is 31.2 Å². The summed E-state index contributed by atoms with van der Waals surface area (Å²) < 4.78 is 2.11. The molecule has 0 saturated heterocycles. The fraction of sp³-hybridized carbons (Fsp3) is 0.200. The highest BCUT2D eigenvalue weighted by atomic mass is 35.5. The zero-order valence-electron chi connectivity index (χ0n) is 11.2. The minimum Gasteiger partial charge on any atom is -0.297 e. The zero-order chi connectivity index (χ0) is 15.4. The number of benzene rings is 1. The minimum absolute atomic E-state index is 0.0104. The molecule has 0 fully saturated rings. The van der Waals surface area contributed by atoms with Crippen molar-refractivity contribution in [1.82, 2.24) is 0 Å². The van der Waals surface area contributed by atoms with E-state index in [0.717, 1.165) is 37.2 Å². The molecule has 1 aromatic carbocycles. The molecule has 0 radical (unpaired) electrons. The summed E-state index contributed by atoms with van der Waals surface area (Å²) in [5.41, 5.74) is 0. The molecule has 21 heavy (non-hydrogen) atoms. The van der Waals surface area contributed by atoms with Crippen LogP contribution in [0.2, 0.25) is 0 Å². The number of ketones is 1. The van der Waals surface area contributed by atoms with Gasteiger partial charge in [0.2, 0.25) is 0 Å². The number of carbonyl (C=O) groups excluding carboxylic acids is 2. The van der Waals surface area contributed by atoms with Gasteiger partial charge >= 0.3 is 0 Å². The number of fused-ring (bicyclic) bond motifs is 2. The van der Waals surface area contributed by atoms with E-state index in [1.54, 1.807) is 0 Å². The van der Waals surface area contributed by atoms with Crippen LogP contribution in [-0.2, 0) is 0 Å². The van der Waals surface area contributed by atoms with Gasteiger partial charge in [-0.1, -0.05) is 6.92 Å². The van der Waals surface area contributed by atoms with Gasteiger partial charge < -0.3 is 0 Å². The number of hydrogen-bond donors (Lipinski definition) is 0. The molecular formula is C15H12Cl2O2S2. The summed E-state index contributed by atoms with van der Waals surface area (Å²) in [4.78, 5) is 23.7. The summed E-state index contributed by atoms with van der Waals surface area (Å²) in [5.74, 6) is 0.686. The Bertz CT molecular complexity index is 739. The van der Waals surface area contributed by atoms with Gasteiger partial charge in [-0.2, -0.15) is 0 Å². The first-order valence-corrected chi connectivity index (χ1v) is 8.90. The molecule has 0 atom stereocenters. The van der Waals surface area contributed by atoms with Gasteiger partial charge in [-0.25, -0.2) is 0 Å². The van der Waals surface area contributed by atoms with E-state index in [-0.39, 0.29) is 11.7 Å². The van der Waals surface area contributed by atoms with Crippen LogP contribution in [0, 0.1) is 0 Å². The second-order valence-corrected chi connectivity index (χ2v) is 7.13. The Kier molecular flexibility index (Phi) is 5.76. The molecule has 2 heterocycles. The van der Waals surface area contributed by atoms with Crippen molar-refractivity contribution in [3.8, 4) is 0 Å². The lowest BCUT2D eigenvalue weighted by Crippen LogP contribution is -1.95. The zero-order valence-corrected chi connectivity index (χ0v) is 14.3. The second kappa shape index (κ2) is 7.36. The molecule has 0 spiro atoms. The molecule has 3 aromatic rings. The van der Waals surface area contributed by atoms with Crippen LogP contribution < -0.4 is 0 Å². The number of alkyl halides is 2. The SMILES string of the molecule is CCCl.O=Cc1cc2cc3sc(C(=O)CCl)cc3cc2s1. The number of carbonyl (C=O) groups is 2. The lowest BCUT2D eigenvalue weighted by molar-refractivity contribution is 0.102. The van der Waals surface area contributed by atoms with Crippen molar-refractivity contribution in [2.45, 2.75) is 6.92 Å². The summed E-state index contributed by atoms with van der Waals surface area (Å²) >= 11 is 13.5. The fourth-order valence-corrected chi connectivity index (χ4v) is 4.02. The smallest absolute Gasteiger partial charge is 0.187 e. The monoisotopic (exact) mass is 358 g/mol. The maximum atomic E-state index is 11.5. The highest BCUT2D eigenvalue weighted by Crippen LogP contribution is 2.33. The highest BCUT2D eigenvalue weighted by molar-refractivity contribution is 7.22. The molecule has 0 aliphatic rings. The normalized spacial score (nSPS) is 10.4. The number of Topliss-reactive ketones (excluding diaryl/α,β-unsaturated/α-hetero) is 1. The average molecular weight is 359 g/mol. The van der Waals surface area contributed by atoms with E-state index in [2.05, 4.69) is 0 Å². The van der Waals surface area contributed by atoms with Gasteiger partial charge in [0.25, 0.3) is 0 Å². The maximum absolute atomic E-state index is 11.5. The number of thiophene rings is 2. The molecule has 0 unspecified atom stereocenters. The van der Waals surface area contributed by atoms with Crippen LogP contribution in [0.25, 0.3) is 20.2 Å². The maximum Gasteiger partial charge on any atom is 0.187 e. The first-order chi connectivity index (χ1) is 10.1. The summed E-state index contributed by atoms with van der Waals surface area (Å²) in [5, 5.41) is 2.07. The van der Waals surface area contributed by atoms with Crippen LogP contribution in [-0.4, -0.2) is 23.8 Å². The third-order valence-corrected chi connectivity index (χ3v) is 5.09. The summed E-state index contributed by atoms with van der Waals surface area (Å²) in [6.45, 7) is 1.89. The van der Waals surface area contributed by atoms with Crippen molar-refractivity contribution < 1.29 is 9.59 Å². The van der Waals surface area contributed by atoms with Crippen molar-refractivity contribution in [1.29, 1.82) is 0 Å². The van der Waals surface area contributed by atoms with E-state index in [0.29, 0.717) is 4.88 Å². The molecule has 0 aliphatic heterocycles. The molecule has 0 bridgehead atoms. The van der Waals surface area contributed by atoms with E-state index < -0.39 is 0 Å². The van der Waals surface area contributed by atoms with E-state index in [4.69, 9.17) is 23.2 Å². The molecule has 2 nitrogen and oxygen atoms in total. The van der Waals surface area contributed by atoms with Crippen molar-refractivity contribution >= 4 is 78.1 Å². The standard InChI is InChI=1S/C13H7ClO2S2.C2H5Cl/c14-5-10(16)13-4-8-3-11-7(2-12(8)18-13)1-9(6-15)17-11;1-2-3/h1-4,6H,5H2;2H2,1H3. The molecule has 0 aliphatic carbocycles. The molecule has 0 amide bonds. The lowest BCUT2D eigenvalue weighted by Gasteiger charge is -1.89. The minimum atomic E-state index is -0.0465. The first-order valence-electron chi connectivity index (χ1n) is 6.20. The number of hydrogen-bond acceptors (Lipinski definition) is 4. The van der Waals surface area contributed by atoms with Crippen molar-refractivity contribution in [3.63, 3.8) is 0 Å². The van der Waals surface area contributed by atoms with Gasteiger partial charge in [-0.05, 0) is 35.0 Å². The Morgan fingerprint density at radius 2 is 1.67 bits per heavy atom. The predicted molar refractivity (Wildman–Crippen MR) is 94.0 cm³/mol. The average Bonchev–Trinajstić information content (AvgIpc) is 3.06. The Morgan fingerprint density at radius 1 is 1.10 bits per heavy atom. The van der Waals surface area contributed by atoms with Crippen LogP contribution in [0.5, 0.6) is 0 Å². The molecule has 110 valence electrons. The van der Waals surface area contributed by atoms with E-state index in [9.17, 15) is 9.59 Å². The molecule has 3 rings (SSSR count). The number of aldehydes is 1. The molecule has 2 aromatic heterocycles. The molecular weight excluding hydrogens is 347 g/mol. The summed E-state index contributed by atoms with van der Waals surface area (Å²) in [7, 11) is 0. The van der Waals surface area contributed by atoms with Gasteiger partial charge in [-0.15, -0.1) is 45.9 Å². The first kappa shape index (κ1) is 16.4. The summed E-state index contributed by atoms with van der Waals surface area (Å²) in [6.07, 6.45) is 0.862. The Hall–Kier alpha value is -0.940. The van der Waals surface area contributed by atoms with Gasteiger partial charge in [0.15, 0.2) is 12.1 Å². The van der Waals surface area contributed by atoms with Crippen LogP contribution in [0.15, 0.2) is 24.3 Å². The van der Waals surface area contributed by atoms with E-state index >= 15 is 0 Å². The van der Waals surface area contributed by atoms with Crippen molar-refractivity contribution in [2.75, 3.05) is 11.8 Å². The van der Waals surface area contributed by atoms with Crippen LogP contribution in [0.1, 0.15) is 26.3 Å². The molecule has 0 N–H and O–H groups in total. The van der Waals surface area contributed by atoms with Gasteiger partial charge in [0.05, 0.1) is 15.6 Å². The molecule has 6 heteroatoms. The van der Waals surface area contributed by atoms with Crippen LogP contribution in [0.4, 0.5) is 0 Å². The summed E-state index contributed by atoms with van der Waals surface area (Å²) in [6, 6.07) is 7.77. The lowest BCUT2D eigenvalue weighted by atomic mass is 10.2. The quantitative estimate of drug-likeness (QED) is 0.347. The number of rotatable bonds is 3. The second-order valence-electron chi connectivity index (χ2n) is 4.13. The van der Waals surface area contributed by atoms with Gasteiger partial charge in [0, 0.05) is 15.3 Å². The number of halogens is 2. The van der Waals surface area contributed by atoms with Crippen LogP contribution >= 0.6 is 45.9 Å². The Labute approximate surface area is 140 Å². The Balaban J connectivity index is 0.000000497. The third-order valence-electron chi connectivity index (χ3n) is 2.69.